The average molecular weight is 1210 g/mol. The maximum atomic E-state index is 13.4. The number of aliphatic hydroxyl groups excluding tert-OH is 10. The molecule has 4 aromatic heterocycles. The van der Waals surface area contributed by atoms with E-state index in [4.69, 9.17) is 34.9 Å². The molecule has 1 aliphatic carbocycles. The van der Waals surface area contributed by atoms with Gasteiger partial charge in [0.25, 0.3) is 11.1 Å². The molecule has 86 heavy (non-hydrogen) atoms. The second-order valence-electron chi connectivity index (χ2n) is 21.1. The predicted octanol–water partition coefficient (Wildman–Crippen LogP) is -7.45. The number of fused-ring (bicyclic) bond motifs is 1. The van der Waals surface area contributed by atoms with Crippen LogP contribution in [0.3, 0.4) is 0 Å². The van der Waals surface area contributed by atoms with Gasteiger partial charge in [0.05, 0.1) is 55.3 Å². The third-order valence-corrected chi connectivity index (χ3v) is 15.0. The van der Waals surface area contributed by atoms with Crippen LogP contribution in [-0.2, 0) is 53.0 Å². The van der Waals surface area contributed by atoms with Gasteiger partial charge in [0.1, 0.15) is 96.0 Å². The first-order valence-corrected chi connectivity index (χ1v) is 26.9. The summed E-state index contributed by atoms with van der Waals surface area (Å²) in [6.07, 6.45) is -17.9. The summed E-state index contributed by atoms with van der Waals surface area (Å²) < 4.78 is 25.7. The molecule has 3 aliphatic rings. The number of anilines is 1. The molecule has 0 bridgehead atoms. The smallest absolute Gasteiger partial charge is 0.328 e. The van der Waals surface area contributed by atoms with Crippen LogP contribution in [-0.4, -0.2) is 229 Å². The van der Waals surface area contributed by atoms with E-state index in [1.807, 2.05) is 0 Å². The molecule has 1 saturated carbocycles. The van der Waals surface area contributed by atoms with E-state index in [0.29, 0.717) is 16.6 Å². The van der Waals surface area contributed by atoms with Crippen LogP contribution in [0.5, 0.6) is 0 Å². The second-order valence-corrected chi connectivity index (χ2v) is 21.1. The Kier molecular flexibility index (Phi) is 22.1. The van der Waals surface area contributed by atoms with Crippen molar-refractivity contribution >= 4 is 40.8 Å². The minimum Gasteiger partial charge on any atom is -0.481 e. The van der Waals surface area contributed by atoms with Gasteiger partial charge in [-0.2, -0.15) is 0 Å². The Hall–Kier alpha value is -7.55. The summed E-state index contributed by atoms with van der Waals surface area (Å²) in [6.45, 7) is -0.840. The predicted molar refractivity (Wildman–Crippen MR) is 290 cm³/mol. The number of aromatic nitrogens is 7. The van der Waals surface area contributed by atoms with Crippen LogP contribution >= 0.6 is 0 Å². The van der Waals surface area contributed by atoms with Gasteiger partial charge in [-0.1, -0.05) is 30.6 Å². The van der Waals surface area contributed by atoms with Gasteiger partial charge in [0.15, 0.2) is 12.6 Å². The minimum atomic E-state index is -2.46. The number of H-pyrrole nitrogens is 2. The van der Waals surface area contributed by atoms with Crippen molar-refractivity contribution in [1.82, 2.24) is 39.0 Å². The summed E-state index contributed by atoms with van der Waals surface area (Å²) in [5, 5.41) is 137. The van der Waals surface area contributed by atoms with Crippen molar-refractivity contribution in [2.24, 2.45) is 11.8 Å². The van der Waals surface area contributed by atoms with Crippen LogP contribution in [0.25, 0.3) is 17.1 Å². The van der Waals surface area contributed by atoms with E-state index < -0.39 is 170 Å². The van der Waals surface area contributed by atoms with Crippen LogP contribution in [0.4, 0.5) is 5.82 Å². The van der Waals surface area contributed by atoms with Crippen molar-refractivity contribution in [1.29, 1.82) is 0 Å². The molecule has 1 amide bonds. The maximum absolute atomic E-state index is 13.4. The molecule has 0 spiro atoms. The van der Waals surface area contributed by atoms with E-state index in [2.05, 4.69) is 48.9 Å². The molecule has 33 heteroatoms. The molecular formula is C53H67N9O24. The van der Waals surface area contributed by atoms with E-state index in [9.17, 15) is 89.7 Å². The number of nitrogens with two attached hydrogens (primary N) is 1. The number of nitrogens with one attached hydrogen (secondary N) is 3. The van der Waals surface area contributed by atoms with E-state index in [1.165, 1.54) is 17.1 Å². The summed E-state index contributed by atoms with van der Waals surface area (Å²) >= 11 is 0. The third-order valence-electron chi connectivity index (χ3n) is 15.0. The maximum Gasteiger partial charge on any atom is 0.328 e. The normalized spacial score (nSPS) is 29.1. The van der Waals surface area contributed by atoms with E-state index in [0.717, 1.165) is 22.9 Å². The van der Waals surface area contributed by atoms with Gasteiger partial charge in [-0.25, -0.2) is 19.6 Å². The molecule has 17 unspecified atom stereocenters. The summed E-state index contributed by atoms with van der Waals surface area (Å²) in [5.41, 5.74) is 0.715. The van der Waals surface area contributed by atoms with Crippen molar-refractivity contribution in [3.8, 4) is 23.7 Å². The Bertz CT molecular complexity index is 3480. The molecule has 0 aromatic carbocycles. The lowest BCUT2D eigenvalue weighted by Crippen LogP contribution is -2.67. The number of rotatable bonds is 22. The number of amides is 1. The number of aromatic amines is 2. The van der Waals surface area contributed by atoms with Crippen LogP contribution in [0.2, 0.25) is 0 Å². The summed E-state index contributed by atoms with van der Waals surface area (Å²) in [7, 11) is 0. The van der Waals surface area contributed by atoms with Crippen molar-refractivity contribution in [2.45, 2.75) is 156 Å². The molecular weight excluding hydrogens is 1150 g/mol. The van der Waals surface area contributed by atoms with Crippen LogP contribution < -0.4 is 33.5 Å². The second kappa shape index (κ2) is 28.8. The lowest BCUT2D eigenvalue weighted by molar-refractivity contribution is -0.320. The standard InChI is InChI=1S/C53H67N9O24/c1-24(25(16-62-18-27(47(77)58-52(62)81)7-3-5-9-34(67)68)12-13-60-17-26(6-2-4-8-33(65)66)35-45(54)55-23-56-46(35)60)15-61-19-28(48(78)59-51(61)80)10-11-32(64)57-36-40(72)39(71)31(85-49(36)79)21-83-29-14-53(82,44(76)42(74)37(29)69)22-84-50-43(75)41(73)38(70)30(20-63)86-50/h10-11,17-19,23-25,29-31,36-44,49-50,63,69-76,79,82H,4-5,8-9,12-16,20-22H2,1H3,(H,57,64)(H,65,66)(H,67,68)(H2,54,55,56)(H,58,77,81)(H,59,78,80)/b11-10+. The first-order valence-electron chi connectivity index (χ1n) is 26.9. The number of aliphatic hydroxyl groups is 11. The number of carbonyl (C=O) groups is 3. The molecule has 2 saturated heterocycles. The zero-order chi connectivity index (χ0) is 62.9. The molecule has 468 valence electrons. The third kappa shape index (κ3) is 15.7. The number of nitrogen functional groups attached to an aromatic ring is 1. The summed E-state index contributed by atoms with van der Waals surface area (Å²) in [5.74, 6) is 6.67. The zero-order valence-electron chi connectivity index (χ0n) is 45.8. The molecule has 7 rings (SSSR count). The molecule has 4 aromatic rings. The average Bonchev–Trinajstić information content (AvgIpc) is 2.79. The topological polar surface area (TPSA) is 530 Å². The highest BCUT2D eigenvalue weighted by atomic mass is 16.7. The largest absolute Gasteiger partial charge is 0.481 e. The monoisotopic (exact) mass is 1210 g/mol. The fourth-order valence-corrected chi connectivity index (χ4v) is 10.0. The number of carbonyl (C=O) groups excluding carboxylic acids is 1. The van der Waals surface area contributed by atoms with Gasteiger partial charge in [-0.05, 0) is 24.3 Å². The van der Waals surface area contributed by atoms with Crippen LogP contribution in [0, 0.1) is 35.5 Å². The first-order chi connectivity index (χ1) is 40.7. The molecule has 0 radical (unpaired) electrons. The number of carboxylic acids is 2. The minimum absolute atomic E-state index is 0.0376. The molecule has 33 nitrogen and oxygen atoms in total. The van der Waals surface area contributed by atoms with Crippen molar-refractivity contribution < 1.29 is 99.7 Å². The summed E-state index contributed by atoms with van der Waals surface area (Å²) in [4.78, 5) is 101. The van der Waals surface area contributed by atoms with Crippen molar-refractivity contribution in [3.05, 3.63) is 89.4 Å². The quantitative estimate of drug-likeness (QED) is 0.0257. The van der Waals surface area contributed by atoms with Crippen LogP contribution in [0.15, 0.2) is 50.2 Å². The lowest BCUT2D eigenvalue weighted by atomic mass is 9.77. The number of nitrogens with zero attached hydrogens (tertiary/aromatic N) is 5. The van der Waals surface area contributed by atoms with E-state index >= 15 is 0 Å². The number of aliphatic carboxylic acids is 2. The zero-order valence-corrected chi connectivity index (χ0v) is 45.8. The van der Waals surface area contributed by atoms with Gasteiger partial charge < -0.3 is 101 Å². The van der Waals surface area contributed by atoms with E-state index in [-0.39, 0.29) is 68.7 Å². The Morgan fingerprint density at radius 2 is 1.42 bits per heavy atom. The number of ether oxygens (including phenoxy) is 4. The molecule has 2 aliphatic heterocycles. The molecule has 18 N–H and O–H groups in total. The number of hydrogen-bond donors (Lipinski definition) is 17. The SMILES string of the molecule is CC(Cn1cc(/C=C/C(=O)NC2C(O)OC(COC3CC(O)(COC4OC(CO)C(O)C(O)C4O)C(O)C(O)C3O)C(O)C2O)c(=O)[nH]c1=O)C(CCn1cc(C#CCCC(=O)O)c2c(N)ncnc21)Cn1cc(C#CCCC(=O)O)c(=O)[nH]c1=O. The fourth-order valence-electron chi connectivity index (χ4n) is 10.0. The van der Waals surface area contributed by atoms with Gasteiger partial charge in [-0.3, -0.25) is 43.1 Å². The highest BCUT2D eigenvalue weighted by Crippen LogP contribution is 2.34. The van der Waals surface area contributed by atoms with Gasteiger partial charge in [-0.15, -0.1) is 0 Å². The number of aryl methyl sites for hydroxylation is 1. The van der Waals surface area contributed by atoms with Crippen LogP contribution in [0.1, 0.15) is 62.1 Å². The summed E-state index contributed by atoms with van der Waals surface area (Å²) in [6, 6.07) is -1.74. The molecule has 3 fully saturated rings. The van der Waals surface area contributed by atoms with Gasteiger partial charge >= 0.3 is 23.3 Å². The Balaban J connectivity index is 1.03. The highest BCUT2D eigenvalue weighted by Gasteiger charge is 2.54. The van der Waals surface area contributed by atoms with Gasteiger partial charge in [0.2, 0.25) is 5.91 Å². The Morgan fingerprint density at radius 3 is 2.08 bits per heavy atom. The molecule has 6 heterocycles. The number of hydrogen-bond acceptors (Lipinski definition) is 25. The Labute approximate surface area is 485 Å². The Morgan fingerprint density at radius 1 is 0.791 bits per heavy atom. The first kappa shape index (κ1) is 66.0. The highest BCUT2D eigenvalue weighted by molar-refractivity contribution is 5.92. The fraction of sp³-hybridized carbons (Fsp3) is 0.566. The van der Waals surface area contributed by atoms with Crippen molar-refractivity contribution in [3.63, 3.8) is 0 Å². The lowest BCUT2D eigenvalue weighted by Gasteiger charge is -2.47. The molecule has 17 atom stereocenters. The van der Waals surface area contributed by atoms with E-state index in [1.54, 1.807) is 17.7 Å². The number of carboxylic acid groups (broad SMARTS) is 2. The van der Waals surface area contributed by atoms with Gasteiger partial charge in [0, 0.05) is 63.6 Å². The van der Waals surface area contributed by atoms with Crippen molar-refractivity contribution in [2.75, 3.05) is 25.6 Å².